The standard InChI is InChI=1S/C10H13Br2N3O/c11-7-3-9(12)10(14-4-7)15-5-8-6-16-2-1-13-8/h3-4,8,13H,1-2,5-6H2,(H,14,15). The van der Waals surface area contributed by atoms with E-state index in [0.717, 1.165) is 41.1 Å². The van der Waals surface area contributed by atoms with Gasteiger partial charge in [0.2, 0.25) is 0 Å². The molecule has 2 N–H and O–H groups in total. The van der Waals surface area contributed by atoms with Crippen LogP contribution in [-0.4, -0.2) is 37.3 Å². The van der Waals surface area contributed by atoms with Crippen LogP contribution in [0.5, 0.6) is 0 Å². The van der Waals surface area contributed by atoms with Crippen LogP contribution < -0.4 is 10.6 Å². The van der Waals surface area contributed by atoms with Gasteiger partial charge >= 0.3 is 0 Å². The monoisotopic (exact) mass is 349 g/mol. The molecular formula is C10H13Br2N3O. The Labute approximate surface area is 111 Å². The third-order valence-electron chi connectivity index (χ3n) is 2.32. The van der Waals surface area contributed by atoms with Crippen molar-refractivity contribution in [3.05, 3.63) is 21.2 Å². The van der Waals surface area contributed by atoms with Crippen molar-refractivity contribution in [2.75, 3.05) is 31.6 Å². The summed E-state index contributed by atoms with van der Waals surface area (Å²) in [5, 5.41) is 6.67. The highest BCUT2D eigenvalue weighted by Crippen LogP contribution is 2.23. The second-order valence-electron chi connectivity index (χ2n) is 3.59. The van der Waals surface area contributed by atoms with Crippen LogP contribution in [0.4, 0.5) is 5.82 Å². The molecule has 1 aliphatic heterocycles. The molecule has 0 amide bonds. The maximum Gasteiger partial charge on any atom is 0.140 e. The van der Waals surface area contributed by atoms with Gasteiger partial charge in [-0.3, -0.25) is 0 Å². The minimum Gasteiger partial charge on any atom is -0.378 e. The van der Waals surface area contributed by atoms with Crippen molar-refractivity contribution < 1.29 is 4.74 Å². The Bertz CT molecular complexity index is 356. The number of ether oxygens (including phenoxy) is 1. The van der Waals surface area contributed by atoms with Gasteiger partial charge in [-0.15, -0.1) is 0 Å². The number of pyridine rings is 1. The van der Waals surface area contributed by atoms with Gasteiger partial charge in [0.05, 0.1) is 17.7 Å². The molecule has 6 heteroatoms. The van der Waals surface area contributed by atoms with Gasteiger partial charge in [-0.2, -0.15) is 0 Å². The summed E-state index contributed by atoms with van der Waals surface area (Å²) in [5.41, 5.74) is 0. The molecule has 1 aromatic rings. The smallest absolute Gasteiger partial charge is 0.140 e. The lowest BCUT2D eigenvalue weighted by atomic mass is 10.3. The van der Waals surface area contributed by atoms with Gasteiger partial charge in [-0.25, -0.2) is 4.98 Å². The largest absolute Gasteiger partial charge is 0.378 e. The number of anilines is 1. The summed E-state index contributed by atoms with van der Waals surface area (Å²) in [6.07, 6.45) is 1.78. The predicted molar refractivity (Wildman–Crippen MR) is 70.7 cm³/mol. The highest BCUT2D eigenvalue weighted by molar-refractivity contribution is 9.11. The molecule has 2 rings (SSSR count). The highest BCUT2D eigenvalue weighted by atomic mass is 79.9. The first-order chi connectivity index (χ1) is 7.75. The number of hydrogen-bond donors (Lipinski definition) is 2. The van der Waals surface area contributed by atoms with Crippen molar-refractivity contribution in [3.8, 4) is 0 Å². The fourth-order valence-electron chi connectivity index (χ4n) is 1.52. The zero-order valence-electron chi connectivity index (χ0n) is 8.67. The molecule has 16 heavy (non-hydrogen) atoms. The molecule has 0 radical (unpaired) electrons. The molecule has 1 saturated heterocycles. The fourth-order valence-corrected chi connectivity index (χ4v) is 2.64. The van der Waals surface area contributed by atoms with Crippen LogP contribution in [0, 0.1) is 0 Å². The van der Waals surface area contributed by atoms with Gasteiger partial charge < -0.3 is 15.4 Å². The average Bonchev–Trinajstić information content (AvgIpc) is 2.29. The molecule has 1 aliphatic rings. The second kappa shape index (κ2) is 5.95. The van der Waals surface area contributed by atoms with Crippen molar-refractivity contribution in [1.29, 1.82) is 0 Å². The molecular weight excluding hydrogens is 338 g/mol. The summed E-state index contributed by atoms with van der Waals surface area (Å²) in [4.78, 5) is 4.29. The summed E-state index contributed by atoms with van der Waals surface area (Å²) in [7, 11) is 0. The zero-order chi connectivity index (χ0) is 11.4. The number of hydrogen-bond acceptors (Lipinski definition) is 4. The zero-order valence-corrected chi connectivity index (χ0v) is 11.8. The molecule has 0 aromatic carbocycles. The molecule has 0 spiro atoms. The lowest BCUT2D eigenvalue weighted by Gasteiger charge is -2.24. The molecule has 0 saturated carbocycles. The Kier molecular flexibility index (Phi) is 4.57. The molecule has 0 aliphatic carbocycles. The van der Waals surface area contributed by atoms with E-state index in [1.54, 1.807) is 6.20 Å². The maximum absolute atomic E-state index is 5.38. The van der Waals surface area contributed by atoms with Crippen molar-refractivity contribution in [2.24, 2.45) is 0 Å². The summed E-state index contributed by atoms with van der Waals surface area (Å²) >= 11 is 6.84. The summed E-state index contributed by atoms with van der Waals surface area (Å²) in [6.45, 7) is 3.28. The molecule has 0 bridgehead atoms. The van der Waals surface area contributed by atoms with E-state index in [-0.39, 0.29) is 0 Å². The van der Waals surface area contributed by atoms with E-state index < -0.39 is 0 Å². The van der Waals surface area contributed by atoms with E-state index in [4.69, 9.17) is 4.74 Å². The van der Waals surface area contributed by atoms with Crippen molar-refractivity contribution in [3.63, 3.8) is 0 Å². The lowest BCUT2D eigenvalue weighted by molar-refractivity contribution is 0.0806. The molecule has 1 atom stereocenters. The van der Waals surface area contributed by atoms with Gasteiger partial charge in [-0.05, 0) is 37.9 Å². The first-order valence-corrected chi connectivity index (χ1v) is 6.70. The average molecular weight is 351 g/mol. The number of nitrogens with one attached hydrogen (secondary N) is 2. The van der Waals surface area contributed by atoms with Gasteiger partial charge in [0.25, 0.3) is 0 Å². The van der Waals surface area contributed by atoms with Crippen LogP contribution in [0.15, 0.2) is 21.2 Å². The fraction of sp³-hybridized carbons (Fsp3) is 0.500. The first kappa shape index (κ1) is 12.3. The third kappa shape index (κ3) is 3.41. The highest BCUT2D eigenvalue weighted by Gasteiger charge is 2.13. The van der Waals surface area contributed by atoms with Crippen LogP contribution in [0.25, 0.3) is 0 Å². The first-order valence-electron chi connectivity index (χ1n) is 5.12. The molecule has 2 heterocycles. The number of morpholine rings is 1. The van der Waals surface area contributed by atoms with Gasteiger partial charge in [0, 0.05) is 29.8 Å². The topological polar surface area (TPSA) is 46.2 Å². The Hall–Kier alpha value is -0.170. The van der Waals surface area contributed by atoms with Crippen molar-refractivity contribution in [1.82, 2.24) is 10.3 Å². The Balaban J connectivity index is 1.88. The molecule has 88 valence electrons. The number of aromatic nitrogens is 1. The molecule has 1 unspecified atom stereocenters. The normalized spacial score (nSPS) is 20.8. The lowest BCUT2D eigenvalue weighted by Crippen LogP contribution is -2.45. The van der Waals surface area contributed by atoms with Gasteiger partial charge in [0.15, 0.2) is 0 Å². The Morgan fingerprint density at radius 2 is 2.44 bits per heavy atom. The Morgan fingerprint density at radius 1 is 1.56 bits per heavy atom. The number of nitrogens with zero attached hydrogens (tertiary/aromatic N) is 1. The van der Waals surface area contributed by atoms with Crippen LogP contribution in [0.3, 0.4) is 0 Å². The van der Waals surface area contributed by atoms with Gasteiger partial charge in [0.1, 0.15) is 5.82 Å². The molecule has 1 fully saturated rings. The van der Waals surface area contributed by atoms with Crippen LogP contribution in [-0.2, 0) is 4.74 Å². The van der Waals surface area contributed by atoms with Crippen LogP contribution in [0.1, 0.15) is 0 Å². The van der Waals surface area contributed by atoms with E-state index in [9.17, 15) is 0 Å². The van der Waals surface area contributed by atoms with E-state index in [1.165, 1.54) is 0 Å². The van der Waals surface area contributed by atoms with Gasteiger partial charge in [-0.1, -0.05) is 0 Å². The SMILES string of the molecule is Brc1cnc(NCC2COCCN2)c(Br)c1. The van der Waals surface area contributed by atoms with Crippen LogP contribution in [0.2, 0.25) is 0 Å². The maximum atomic E-state index is 5.38. The summed E-state index contributed by atoms with van der Waals surface area (Å²) in [5.74, 6) is 0.857. The predicted octanol–water partition coefficient (Wildman–Crippen LogP) is 2.01. The second-order valence-corrected chi connectivity index (χ2v) is 5.36. The third-order valence-corrected chi connectivity index (χ3v) is 3.36. The van der Waals surface area contributed by atoms with E-state index in [0.29, 0.717) is 6.04 Å². The van der Waals surface area contributed by atoms with E-state index in [2.05, 4.69) is 47.5 Å². The molecule has 4 nitrogen and oxygen atoms in total. The number of rotatable bonds is 3. The van der Waals surface area contributed by atoms with E-state index >= 15 is 0 Å². The minimum absolute atomic E-state index is 0.353. The summed E-state index contributed by atoms with van der Waals surface area (Å²) < 4.78 is 7.30. The Morgan fingerprint density at radius 3 is 3.12 bits per heavy atom. The molecule has 1 aromatic heterocycles. The van der Waals surface area contributed by atoms with Crippen LogP contribution >= 0.6 is 31.9 Å². The van der Waals surface area contributed by atoms with Crippen molar-refractivity contribution >= 4 is 37.7 Å². The number of halogens is 2. The quantitative estimate of drug-likeness (QED) is 0.875. The van der Waals surface area contributed by atoms with Crippen molar-refractivity contribution in [2.45, 2.75) is 6.04 Å². The minimum atomic E-state index is 0.353. The van der Waals surface area contributed by atoms with E-state index in [1.807, 2.05) is 6.07 Å². The summed E-state index contributed by atoms with van der Waals surface area (Å²) in [6, 6.07) is 2.33.